The summed E-state index contributed by atoms with van der Waals surface area (Å²) >= 11 is 0. The summed E-state index contributed by atoms with van der Waals surface area (Å²) in [7, 11) is 3.26. The predicted octanol–water partition coefficient (Wildman–Crippen LogP) is 4.91. The second kappa shape index (κ2) is 9.60. The van der Waals surface area contributed by atoms with Gasteiger partial charge in [-0.2, -0.15) is 0 Å². The first kappa shape index (κ1) is 23.8. The first-order chi connectivity index (χ1) is 17.4. The Morgan fingerprint density at radius 3 is 2.28 bits per heavy atom. The van der Waals surface area contributed by atoms with Crippen molar-refractivity contribution >= 4 is 33.2 Å². The first-order valence-electron chi connectivity index (χ1n) is 12.3. The first-order valence-corrected chi connectivity index (χ1v) is 12.3. The Morgan fingerprint density at radius 1 is 0.861 bits per heavy atom. The van der Waals surface area contributed by atoms with E-state index < -0.39 is 0 Å². The number of methoxy groups -OCH3 is 2. The molecule has 0 aliphatic heterocycles. The number of hydrogen-bond donors (Lipinski definition) is 0. The van der Waals surface area contributed by atoms with Gasteiger partial charge in [0.2, 0.25) is 0 Å². The largest absolute Gasteiger partial charge is 0.493 e. The smallest absolute Gasteiger partial charge is 0.265 e. The molecule has 0 aliphatic rings. The molecule has 0 amide bonds. The van der Waals surface area contributed by atoms with E-state index in [-0.39, 0.29) is 5.56 Å². The van der Waals surface area contributed by atoms with Crippen LogP contribution in [0.1, 0.15) is 31.7 Å². The van der Waals surface area contributed by atoms with Crippen LogP contribution in [0, 0.1) is 12.8 Å². The molecule has 0 radical (unpaired) electrons. The van der Waals surface area contributed by atoms with Crippen molar-refractivity contribution in [1.82, 2.24) is 24.1 Å². The molecule has 0 N–H and O–H groups in total. The van der Waals surface area contributed by atoms with Gasteiger partial charge >= 0.3 is 0 Å². The number of benzene rings is 2. The molecule has 0 unspecified atom stereocenters. The number of ether oxygens (including phenoxy) is 2. The number of fused-ring (bicyclic) bond motifs is 4. The average molecular weight is 486 g/mol. The molecule has 0 fully saturated rings. The van der Waals surface area contributed by atoms with Gasteiger partial charge in [-0.1, -0.05) is 32.0 Å². The van der Waals surface area contributed by atoms with E-state index in [0.717, 1.165) is 23.0 Å². The van der Waals surface area contributed by atoms with Gasteiger partial charge in [-0.05, 0) is 55.5 Å². The Labute approximate surface area is 209 Å². The second-order valence-electron chi connectivity index (χ2n) is 9.47. The predicted molar refractivity (Wildman–Crippen MR) is 142 cm³/mol. The van der Waals surface area contributed by atoms with Crippen molar-refractivity contribution in [1.29, 1.82) is 0 Å². The second-order valence-corrected chi connectivity index (χ2v) is 9.47. The number of aromatic nitrogens is 5. The summed E-state index contributed by atoms with van der Waals surface area (Å²) in [5.74, 6) is 2.56. The molecule has 3 heterocycles. The molecule has 0 saturated carbocycles. The molecule has 8 heteroatoms. The summed E-state index contributed by atoms with van der Waals surface area (Å²) in [4.78, 5) is 28.5. The zero-order valence-corrected chi connectivity index (χ0v) is 21.4. The summed E-state index contributed by atoms with van der Waals surface area (Å²) in [6.45, 7) is 7.43. The van der Waals surface area contributed by atoms with Crippen molar-refractivity contribution < 1.29 is 9.47 Å². The van der Waals surface area contributed by atoms with Crippen molar-refractivity contribution in [3.8, 4) is 11.5 Å². The van der Waals surface area contributed by atoms with Gasteiger partial charge in [0.25, 0.3) is 5.56 Å². The number of aryl methyl sites for hydroxylation is 3. The van der Waals surface area contributed by atoms with E-state index in [1.807, 2.05) is 54.0 Å². The molecule has 8 nitrogen and oxygen atoms in total. The fourth-order valence-electron chi connectivity index (χ4n) is 4.64. The van der Waals surface area contributed by atoms with Crippen LogP contribution in [-0.4, -0.2) is 38.3 Å². The fraction of sp³-hybridized carbons (Fsp3) is 0.357. The Kier molecular flexibility index (Phi) is 6.35. The van der Waals surface area contributed by atoms with Gasteiger partial charge in [-0.25, -0.2) is 15.0 Å². The van der Waals surface area contributed by atoms with Gasteiger partial charge in [0.05, 0.1) is 25.3 Å². The molecule has 0 saturated heterocycles. The molecule has 0 atom stereocenters. The fourth-order valence-corrected chi connectivity index (χ4v) is 4.64. The molecule has 36 heavy (non-hydrogen) atoms. The Balaban J connectivity index is 1.68. The zero-order chi connectivity index (χ0) is 25.4. The van der Waals surface area contributed by atoms with Crippen LogP contribution < -0.4 is 15.0 Å². The van der Waals surface area contributed by atoms with Gasteiger partial charge in [-0.3, -0.25) is 9.36 Å². The van der Waals surface area contributed by atoms with Crippen molar-refractivity contribution in [2.75, 3.05) is 14.2 Å². The van der Waals surface area contributed by atoms with Crippen molar-refractivity contribution in [2.24, 2.45) is 5.92 Å². The SMILES string of the molecule is COc1ccc(CCn2c3nc4ccccc4nc3c3c(=O)n(CCC(C)C)c(C)nc32)cc1OC. The van der Waals surface area contributed by atoms with Crippen LogP contribution in [0.5, 0.6) is 11.5 Å². The van der Waals surface area contributed by atoms with Crippen molar-refractivity contribution in [2.45, 2.75) is 46.7 Å². The minimum Gasteiger partial charge on any atom is -0.493 e. The summed E-state index contributed by atoms with van der Waals surface area (Å²) in [5, 5.41) is 0.532. The van der Waals surface area contributed by atoms with Crippen molar-refractivity contribution in [3.63, 3.8) is 0 Å². The van der Waals surface area contributed by atoms with Gasteiger partial charge < -0.3 is 14.0 Å². The minimum atomic E-state index is -0.0578. The van der Waals surface area contributed by atoms with Crippen LogP contribution in [0.4, 0.5) is 0 Å². The van der Waals surface area contributed by atoms with Gasteiger partial charge in [0.15, 0.2) is 22.8 Å². The molecule has 0 bridgehead atoms. The number of para-hydroxylation sites is 2. The summed E-state index contributed by atoms with van der Waals surface area (Å²) in [6, 6.07) is 13.6. The van der Waals surface area contributed by atoms with E-state index >= 15 is 0 Å². The highest BCUT2D eigenvalue weighted by molar-refractivity contribution is 6.04. The molecular formula is C28H31N5O3. The normalized spacial score (nSPS) is 11.7. The maximum Gasteiger partial charge on any atom is 0.265 e. The molecule has 2 aromatic carbocycles. The molecule has 186 valence electrons. The van der Waals surface area contributed by atoms with Gasteiger partial charge in [-0.15, -0.1) is 0 Å². The summed E-state index contributed by atoms with van der Waals surface area (Å²) in [6.07, 6.45) is 1.60. The molecule has 5 rings (SSSR count). The van der Waals surface area contributed by atoms with E-state index in [0.29, 0.717) is 64.9 Å². The monoisotopic (exact) mass is 485 g/mol. The summed E-state index contributed by atoms with van der Waals surface area (Å²) < 4.78 is 14.7. The van der Waals surface area contributed by atoms with Crippen LogP contribution in [0.15, 0.2) is 47.3 Å². The lowest BCUT2D eigenvalue weighted by atomic mass is 10.1. The molecule has 0 spiro atoms. The number of rotatable bonds is 8. The van der Waals surface area contributed by atoms with Crippen LogP contribution in [0.2, 0.25) is 0 Å². The van der Waals surface area contributed by atoms with Crippen molar-refractivity contribution in [3.05, 3.63) is 64.2 Å². The molecule has 3 aromatic heterocycles. The highest BCUT2D eigenvalue weighted by Gasteiger charge is 2.21. The van der Waals surface area contributed by atoms with E-state index in [4.69, 9.17) is 24.4 Å². The highest BCUT2D eigenvalue weighted by atomic mass is 16.5. The van der Waals surface area contributed by atoms with E-state index in [1.54, 1.807) is 18.8 Å². The quantitative estimate of drug-likeness (QED) is 0.311. The lowest BCUT2D eigenvalue weighted by Gasteiger charge is -2.12. The third-order valence-corrected chi connectivity index (χ3v) is 6.64. The third-order valence-electron chi connectivity index (χ3n) is 6.64. The number of hydrogen-bond acceptors (Lipinski definition) is 6. The van der Waals surface area contributed by atoms with Gasteiger partial charge in [0, 0.05) is 13.1 Å². The summed E-state index contributed by atoms with van der Waals surface area (Å²) in [5.41, 5.74) is 4.48. The molecule has 5 aromatic rings. The zero-order valence-electron chi connectivity index (χ0n) is 21.4. The average Bonchev–Trinajstić information content (AvgIpc) is 3.17. The highest BCUT2D eigenvalue weighted by Crippen LogP contribution is 2.29. The Morgan fingerprint density at radius 2 is 1.58 bits per heavy atom. The molecular weight excluding hydrogens is 454 g/mol. The van der Waals surface area contributed by atoms with Crippen LogP contribution >= 0.6 is 0 Å². The van der Waals surface area contributed by atoms with Crippen LogP contribution in [0.25, 0.3) is 33.2 Å². The lowest BCUT2D eigenvalue weighted by Crippen LogP contribution is -2.25. The van der Waals surface area contributed by atoms with Crippen LogP contribution in [-0.2, 0) is 19.5 Å². The van der Waals surface area contributed by atoms with Crippen LogP contribution in [0.3, 0.4) is 0 Å². The topological polar surface area (TPSA) is 84.1 Å². The Hall–Kier alpha value is -3.94. The van der Waals surface area contributed by atoms with Gasteiger partial charge in [0.1, 0.15) is 16.7 Å². The lowest BCUT2D eigenvalue weighted by molar-refractivity contribution is 0.354. The minimum absolute atomic E-state index is 0.0578. The van der Waals surface area contributed by atoms with E-state index in [1.165, 1.54) is 0 Å². The van der Waals surface area contributed by atoms with E-state index in [9.17, 15) is 4.79 Å². The third kappa shape index (κ3) is 4.17. The maximum atomic E-state index is 13.8. The number of nitrogens with zero attached hydrogens (tertiary/aromatic N) is 5. The molecule has 0 aliphatic carbocycles. The Bertz CT molecular complexity index is 1630. The maximum absolute atomic E-state index is 13.8. The standard InChI is InChI=1S/C28H31N5O3/c1-17(2)12-14-32-18(3)29-26-24(28(32)34)25-27(31-21-9-7-6-8-20(21)30-25)33(26)15-13-19-10-11-22(35-4)23(16-19)36-5/h6-11,16-17H,12-15H2,1-5H3. The van der Waals surface area contributed by atoms with E-state index in [2.05, 4.69) is 13.8 Å².